The first-order valence-corrected chi connectivity index (χ1v) is 15.2. The number of nitrogens with two attached hydrogens (primary N) is 1. The second-order valence-corrected chi connectivity index (χ2v) is 11.6. The third-order valence-electron chi connectivity index (χ3n) is 8.33. The Balaban J connectivity index is 0.000000710. The number of aryl methyl sites for hydroxylation is 4. The van der Waals surface area contributed by atoms with Gasteiger partial charge < -0.3 is 16.2 Å². The third-order valence-corrected chi connectivity index (χ3v) is 8.33. The maximum atomic E-state index is 12.3. The monoisotopic (exact) mass is 887 g/mol. The Hall–Kier alpha value is -3.19. The number of hydrogen-bond acceptors (Lipinski definition) is 5. The fourth-order valence-corrected chi connectivity index (χ4v) is 4.85. The minimum Gasteiger partial charge on any atom is -0.477 e. The standard InChI is InChI=1S/C17H21N3O.C9H13N.C8H10N2O2.CH3F.CH4.BH.U/c1-11-5-4-6-14(12(11)2)10-18-17(21)16-9-15(13-7-8-13)19-20(16)3;1-7-4-3-5-9(6-10)8(7)2;1-10-7(8(11)12)4-6(9-10)5-2-3-5;1-2;;;/h4-6,9,13H,7-8,10H2,1-3H3,(H,18,21);3-5H,6,10H2,1-2H3;4-5H,2-3H2,1H3,(H,11,12);1H3;1H4;1H;/i;;;1D;;1T;. The van der Waals surface area contributed by atoms with E-state index in [9.17, 15) is 14.0 Å². The summed E-state index contributed by atoms with van der Waals surface area (Å²) in [6.07, 6.45) is 4.69. The molecule has 0 spiro atoms. The van der Waals surface area contributed by atoms with Crippen LogP contribution in [0.15, 0.2) is 48.5 Å². The van der Waals surface area contributed by atoms with Gasteiger partial charge >= 0.3 is 5.97 Å². The predicted octanol–water partition coefficient (Wildman–Crippen LogP) is 6.18. The summed E-state index contributed by atoms with van der Waals surface area (Å²) in [6.45, 7) is 9.59. The van der Waals surface area contributed by atoms with Crippen LogP contribution < -0.4 is 11.1 Å². The molecule has 2 aliphatic rings. The van der Waals surface area contributed by atoms with Gasteiger partial charge in [-0.3, -0.25) is 18.5 Å². The van der Waals surface area contributed by atoms with Gasteiger partial charge in [0.05, 0.1) is 19.9 Å². The zero-order chi connectivity index (χ0) is 36.0. The molecule has 2 aromatic heterocycles. The Labute approximate surface area is 314 Å². The van der Waals surface area contributed by atoms with Crippen LogP contribution in [0.25, 0.3) is 0 Å². The van der Waals surface area contributed by atoms with Gasteiger partial charge in [0.1, 0.15) is 11.4 Å². The van der Waals surface area contributed by atoms with E-state index < -0.39 is 13.1 Å². The number of aromatic nitrogens is 4. The van der Waals surface area contributed by atoms with Gasteiger partial charge in [0, 0.05) is 78.5 Å². The molecule has 4 aromatic rings. The molecule has 258 valence electrons. The van der Waals surface area contributed by atoms with E-state index in [1.807, 2.05) is 25.2 Å². The second-order valence-electron chi connectivity index (χ2n) is 11.6. The molecule has 12 heteroatoms. The van der Waals surface area contributed by atoms with Crippen molar-refractivity contribution in [1.29, 1.82) is 1.34 Å². The normalized spacial score (nSPS) is 12.9. The van der Waals surface area contributed by atoms with Crippen LogP contribution in [0.4, 0.5) is 4.39 Å². The van der Waals surface area contributed by atoms with Crippen molar-refractivity contribution in [2.45, 2.75) is 85.7 Å². The number of aromatic carboxylic acids is 1. The molecule has 2 saturated carbocycles. The van der Waals surface area contributed by atoms with Crippen LogP contribution in [-0.2, 0) is 27.2 Å². The van der Waals surface area contributed by atoms with Crippen LogP contribution in [0.1, 0.15) is 112 Å². The number of halogens is 1. The number of carbonyl (C=O) groups excluding carboxylic acids is 1. The van der Waals surface area contributed by atoms with Crippen molar-refractivity contribution in [2.75, 3.05) is 7.15 Å². The number of amides is 1. The quantitative estimate of drug-likeness (QED) is 0.191. The number of carboxylic acid groups (broad SMARTS) is 1. The molecule has 0 bridgehead atoms. The van der Waals surface area contributed by atoms with E-state index in [4.69, 9.17) is 13.5 Å². The zero-order valence-corrected chi connectivity index (χ0v) is 32.5. The summed E-state index contributed by atoms with van der Waals surface area (Å²) < 4.78 is 23.9. The van der Waals surface area contributed by atoms with Gasteiger partial charge in [0.25, 0.3) is 5.91 Å². The third kappa shape index (κ3) is 12.4. The maximum absolute atomic E-state index is 12.3. The predicted molar refractivity (Wildman–Crippen MR) is 189 cm³/mol. The van der Waals surface area contributed by atoms with E-state index >= 15 is 0 Å². The number of hydrogen-bond donors (Lipinski definition) is 3. The summed E-state index contributed by atoms with van der Waals surface area (Å²) in [5, 5.41) is 20.3. The fraction of sp³-hybridized carbons (Fsp3) is 0.444. The molecule has 2 heterocycles. The summed E-state index contributed by atoms with van der Waals surface area (Å²) in [5.74, 6) is 0.121. The summed E-state index contributed by atoms with van der Waals surface area (Å²) in [6, 6.07) is 16.0. The average Bonchev–Trinajstić information content (AvgIpc) is 4.01. The van der Waals surface area contributed by atoms with Gasteiger partial charge in [-0.05, 0) is 100 Å². The molecule has 2 radical (unpaired) electrons. The first kappa shape index (κ1) is 41.0. The van der Waals surface area contributed by atoms with Crippen molar-refractivity contribution in [3.8, 4) is 0 Å². The number of nitrogens with one attached hydrogen (secondary N) is 1. The van der Waals surface area contributed by atoms with Gasteiger partial charge in [-0.25, -0.2) is 4.79 Å². The van der Waals surface area contributed by atoms with E-state index in [1.165, 1.54) is 45.3 Å². The maximum Gasteiger partial charge on any atom is 0.354 e. The van der Waals surface area contributed by atoms with Crippen LogP contribution >= 0.6 is 0 Å². The molecule has 9 nitrogen and oxygen atoms in total. The molecular formula is C36H52BFN6O3U. The Bertz CT molecular complexity index is 1640. The van der Waals surface area contributed by atoms with Crippen LogP contribution in [-0.4, -0.2) is 53.4 Å². The SMILES string of the molecule is C.Cc1cccc(CN)c1C.Cc1cccc(CNC(=O)c2cc(C3CC3)nn2C)c1C.Cn1nc(C2CC2)cc1C(=O)O.[2H]CF.[3H][B].[U]. The number of nitrogens with zero attached hydrogens (tertiary/aromatic N) is 4. The minimum atomic E-state index is -1.00. The molecule has 2 fully saturated rings. The van der Waals surface area contributed by atoms with E-state index in [1.54, 1.807) is 17.8 Å². The Morgan fingerprint density at radius 2 is 1.35 bits per heavy atom. The van der Waals surface area contributed by atoms with Gasteiger partial charge in [-0.1, -0.05) is 43.8 Å². The van der Waals surface area contributed by atoms with Crippen LogP contribution in [0.5, 0.6) is 0 Å². The van der Waals surface area contributed by atoms with Gasteiger partial charge in [0.15, 0.2) is 0 Å². The van der Waals surface area contributed by atoms with E-state index in [0.29, 0.717) is 30.6 Å². The number of carbonyl (C=O) groups is 2. The molecule has 2 aliphatic carbocycles. The topological polar surface area (TPSA) is 128 Å². The average molecular weight is 888 g/mol. The Morgan fingerprint density at radius 3 is 1.75 bits per heavy atom. The smallest absolute Gasteiger partial charge is 0.354 e. The number of alkyl halides is 1. The van der Waals surface area contributed by atoms with Crippen molar-refractivity contribution in [2.24, 2.45) is 19.8 Å². The van der Waals surface area contributed by atoms with Crippen molar-refractivity contribution in [3.05, 3.63) is 105 Å². The molecule has 2 aromatic carbocycles. The van der Waals surface area contributed by atoms with Gasteiger partial charge in [-0.15, -0.1) is 0 Å². The first-order valence-electron chi connectivity index (χ1n) is 16.4. The van der Waals surface area contributed by atoms with E-state index in [2.05, 4.69) is 75.9 Å². The molecule has 6 rings (SSSR count). The molecule has 0 atom stereocenters. The second kappa shape index (κ2) is 21.0. The van der Waals surface area contributed by atoms with E-state index in [-0.39, 0.29) is 50.1 Å². The van der Waals surface area contributed by atoms with Crippen LogP contribution in [0, 0.1) is 58.8 Å². The molecule has 0 unspecified atom stereocenters. The zero-order valence-electron chi connectivity index (χ0n) is 30.3. The summed E-state index contributed by atoms with van der Waals surface area (Å²) in [5.41, 5.74) is 16.0. The van der Waals surface area contributed by atoms with Crippen molar-refractivity contribution in [3.63, 3.8) is 0 Å². The summed E-state index contributed by atoms with van der Waals surface area (Å²) in [4.78, 5) is 22.9. The number of rotatable bonds is 7. The molecule has 48 heavy (non-hydrogen) atoms. The Morgan fingerprint density at radius 1 is 0.938 bits per heavy atom. The molecule has 4 N–H and O–H groups in total. The summed E-state index contributed by atoms with van der Waals surface area (Å²) in [7, 11) is 6.24. The van der Waals surface area contributed by atoms with Gasteiger partial charge in [-0.2, -0.15) is 10.2 Å². The van der Waals surface area contributed by atoms with Gasteiger partial charge in [0.2, 0.25) is 0 Å². The molecule has 0 aliphatic heterocycles. The van der Waals surface area contributed by atoms with Crippen LogP contribution in [0.2, 0.25) is 0 Å². The summed E-state index contributed by atoms with van der Waals surface area (Å²) >= 11 is 0. The molecule has 1 amide bonds. The van der Waals surface area contributed by atoms with E-state index in [0.717, 1.165) is 29.8 Å². The fourth-order valence-electron chi connectivity index (χ4n) is 4.85. The largest absolute Gasteiger partial charge is 0.477 e. The first-order chi connectivity index (χ1) is 22.9. The number of carboxylic acids is 1. The van der Waals surface area contributed by atoms with Crippen molar-refractivity contribution < 1.29 is 51.6 Å². The van der Waals surface area contributed by atoms with Crippen molar-refractivity contribution in [1.82, 2.24) is 24.9 Å². The number of benzene rings is 2. The Kier molecular flexibility index (Phi) is 17.9. The van der Waals surface area contributed by atoms with Crippen molar-refractivity contribution >= 4 is 20.3 Å². The molecule has 0 saturated heterocycles. The van der Waals surface area contributed by atoms with Crippen LogP contribution in [0.3, 0.4) is 0 Å². The minimum absolute atomic E-state index is 0. The molecular weight excluding hydrogens is 832 g/mol.